The van der Waals surface area contributed by atoms with E-state index < -0.39 is 0 Å². The Morgan fingerprint density at radius 2 is 1.94 bits per heavy atom. The SMILES string of the molecule is CCNC(Cc1ccccc1Br)C(OC)C(C)C. The molecule has 0 radical (unpaired) electrons. The highest BCUT2D eigenvalue weighted by Crippen LogP contribution is 2.21. The Balaban J connectivity index is 2.82. The lowest BCUT2D eigenvalue weighted by atomic mass is 9.94. The molecule has 102 valence electrons. The zero-order valence-electron chi connectivity index (χ0n) is 11.7. The van der Waals surface area contributed by atoms with Gasteiger partial charge in [-0.25, -0.2) is 0 Å². The van der Waals surface area contributed by atoms with E-state index in [9.17, 15) is 0 Å². The molecule has 1 aromatic rings. The number of likely N-dealkylation sites (N-methyl/N-ethyl adjacent to an activating group) is 1. The van der Waals surface area contributed by atoms with Gasteiger partial charge in [-0.15, -0.1) is 0 Å². The quantitative estimate of drug-likeness (QED) is 0.829. The second-order valence-corrected chi connectivity index (χ2v) is 5.76. The summed E-state index contributed by atoms with van der Waals surface area (Å²) in [5, 5.41) is 3.54. The first-order valence-electron chi connectivity index (χ1n) is 6.59. The fourth-order valence-electron chi connectivity index (χ4n) is 2.37. The molecule has 2 atom stereocenters. The van der Waals surface area contributed by atoms with Crippen LogP contribution < -0.4 is 5.32 Å². The molecule has 3 heteroatoms. The van der Waals surface area contributed by atoms with Crippen molar-refractivity contribution in [1.29, 1.82) is 0 Å². The van der Waals surface area contributed by atoms with Crippen LogP contribution in [0, 0.1) is 5.92 Å². The van der Waals surface area contributed by atoms with Crippen LogP contribution in [-0.2, 0) is 11.2 Å². The van der Waals surface area contributed by atoms with Crippen molar-refractivity contribution < 1.29 is 4.74 Å². The number of halogens is 1. The molecule has 0 aliphatic carbocycles. The van der Waals surface area contributed by atoms with Crippen LogP contribution >= 0.6 is 15.9 Å². The van der Waals surface area contributed by atoms with E-state index in [-0.39, 0.29) is 6.10 Å². The largest absolute Gasteiger partial charge is 0.380 e. The van der Waals surface area contributed by atoms with Crippen LogP contribution in [0.1, 0.15) is 26.3 Å². The van der Waals surface area contributed by atoms with E-state index in [0.29, 0.717) is 12.0 Å². The molecule has 0 amide bonds. The number of ether oxygens (including phenoxy) is 1. The van der Waals surface area contributed by atoms with Gasteiger partial charge in [0.1, 0.15) is 0 Å². The normalized spacial score (nSPS) is 14.8. The van der Waals surface area contributed by atoms with Gasteiger partial charge in [0.15, 0.2) is 0 Å². The van der Waals surface area contributed by atoms with Gasteiger partial charge >= 0.3 is 0 Å². The van der Waals surface area contributed by atoms with Crippen molar-refractivity contribution in [3.63, 3.8) is 0 Å². The van der Waals surface area contributed by atoms with Gasteiger partial charge in [-0.3, -0.25) is 0 Å². The highest BCUT2D eigenvalue weighted by molar-refractivity contribution is 9.10. The average molecular weight is 314 g/mol. The molecule has 1 N–H and O–H groups in total. The average Bonchev–Trinajstić information content (AvgIpc) is 2.32. The Kier molecular flexibility index (Phi) is 6.90. The molecule has 18 heavy (non-hydrogen) atoms. The van der Waals surface area contributed by atoms with Gasteiger partial charge in [-0.2, -0.15) is 0 Å². The van der Waals surface area contributed by atoms with Crippen molar-refractivity contribution in [2.45, 2.75) is 39.3 Å². The second-order valence-electron chi connectivity index (χ2n) is 4.90. The Morgan fingerprint density at radius 3 is 2.44 bits per heavy atom. The summed E-state index contributed by atoms with van der Waals surface area (Å²) in [4.78, 5) is 0. The first kappa shape index (κ1) is 15.7. The van der Waals surface area contributed by atoms with Crippen molar-refractivity contribution in [1.82, 2.24) is 5.32 Å². The molecule has 0 heterocycles. The molecule has 0 saturated carbocycles. The first-order valence-corrected chi connectivity index (χ1v) is 7.39. The Hall–Kier alpha value is -0.380. The lowest BCUT2D eigenvalue weighted by molar-refractivity contribution is 0.0336. The molecule has 0 bridgehead atoms. The lowest BCUT2D eigenvalue weighted by Gasteiger charge is -2.30. The van der Waals surface area contributed by atoms with Crippen molar-refractivity contribution in [3.05, 3.63) is 34.3 Å². The topological polar surface area (TPSA) is 21.3 Å². The highest BCUT2D eigenvalue weighted by atomic mass is 79.9. The predicted octanol–water partition coefficient (Wildman–Crippen LogP) is 3.64. The van der Waals surface area contributed by atoms with Crippen LogP contribution in [0.4, 0.5) is 0 Å². The summed E-state index contributed by atoms with van der Waals surface area (Å²) < 4.78 is 6.83. The van der Waals surface area contributed by atoms with Gasteiger partial charge in [-0.05, 0) is 30.5 Å². The second kappa shape index (κ2) is 7.93. The molecule has 0 aliphatic heterocycles. The summed E-state index contributed by atoms with van der Waals surface area (Å²) in [6.07, 6.45) is 1.21. The smallest absolute Gasteiger partial charge is 0.0750 e. The van der Waals surface area contributed by atoms with E-state index in [1.807, 2.05) is 6.07 Å². The van der Waals surface area contributed by atoms with Crippen LogP contribution in [0.3, 0.4) is 0 Å². The zero-order chi connectivity index (χ0) is 13.5. The summed E-state index contributed by atoms with van der Waals surface area (Å²) in [7, 11) is 1.80. The fourth-order valence-corrected chi connectivity index (χ4v) is 2.82. The molecule has 0 saturated heterocycles. The maximum atomic E-state index is 5.66. The van der Waals surface area contributed by atoms with Crippen LogP contribution in [0.2, 0.25) is 0 Å². The highest BCUT2D eigenvalue weighted by Gasteiger charge is 2.24. The monoisotopic (exact) mass is 313 g/mol. The van der Waals surface area contributed by atoms with Crippen molar-refractivity contribution >= 4 is 15.9 Å². The van der Waals surface area contributed by atoms with Crippen molar-refractivity contribution in [2.75, 3.05) is 13.7 Å². The molecule has 2 nitrogen and oxygen atoms in total. The number of methoxy groups -OCH3 is 1. The van der Waals surface area contributed by atoms with Crippen LogP contribution in [0.15, 0.2) is 28.7 Å². The van der Waals surface area contributed by atoms with Gasteiger partial charge in [0, 0.05) is 17.6 Å². The van der Waals surface area contributed by atoms with E-state index in [4.69, 9.17) is 4.74 Å². The summed E-state index contributed by atoms with van der Waals surface area (Å²) in [5.41, 5.74) is 1.33. The molecule has 1 aromatic carbocycles. The van der Waals surface area contributed by atoms with E-state index in [0.717, 1.165) is 13.0 Å². The van der Waals surface area contributed by atoms with Crippen molar-refractivity contribution in [3.8, 4) is 0 Å². The number of benzene rings is 1. The fraction of sp³-hybridized carbons (Fsp3) is 0.600. The number of hydrogen-bond acceptors (Lipinski definition) is 2. The predicted molar refractivity (Wildman–Crippen MR) is 80.9 cm³/mol. The third-order valence-electron chi connectivity index (χ3n) is 3.19. The maximum Gasteiger partial charge on any atom is 0.0750 e. The van der Waals surface area contributed by atoms with Crippen molar-refractivity contribution in [2.24, 2.45) is 5.92 Å². The standard InChI is InChI=1S/C15H24BrNO/c1-5-17-14(15(18-4)11(2)3)10-12-8-6-7-9-13(12)16/h6-9,11,14-15,17H,5,10H2,1-4H3. The van der Waals surface area contributed by atoms with Gasteiger partial charge in [0.2, 0.25) is 0 Å². The molecule has 0 aliphatic rings. The van der Waals surface area contributed by atoms with Gasteiger partial charge in [0.25, 0.3) is 0 Å². The van der Waals surface area contributed by atoms with E-state index in [2.05, 4.69) is 60.2 Å². The van der Waals surface area contributed by atoms with Crippen LogP contribution in [0.25, 0.3) is 0 Å². The molecular formula is C15H24BrNO. The number of rotatable bonds is 7. The maximum absolute atomic E-state index is 5.66. The lowest BCUT2D eigenvalue weighted by Crippen LogP contribution is -2.45. The van der Waals surface area contributed by atoms with E-state index in [1.54, 1.807) is 7.11 Å². The van der Waals surface area contributed by atoms with Crippen LogP contribution in [0.5, 0.6) is 0 Å². The van der Waals surface area contributed by atoms with Gasteiger partial charge < -0.3 is 10.1 Å². The molecule has 1 rings (SSSR count). The summed E-state index contributed by atoms with van der Waals surface area (Å²) >= 11 is 3.62. The first-order chi connectivity index (χ1) is 8.60. The summed E-state index contributed by atoms with van der Waals surface area (Å²) in [5.74, 6) is 0.501. The minimum Gasteiger partial charge on any atom is -0.380 e. The minimum atomic E-state index is 0.233. The van der Waals surface area contributed by atoms with E-state index in [1.165, 1.54) is 10.0 Å². The minimum absolute atomic E-state index is 0.233. The molecular weight excluding hydrogens is 290 g/mol. The van der Waals surface area contributed by atoms with E-state index >= 15 is 0 Å². The Labute approximate surface area is 119 Å². The molecule has 0 fully saturated rings. The molecule has 0 aromatic heterocycles. The number of nitrogens with one attached hydrogen (secondary N) is 1. The van der Waals surface area contributed by atoms with Gasteiger partial charge in [-0.1, -0.05) is 54.9 Å². The Morgan fingerprint density at radius 1 is 1.28 bits per heavy atom. The molecule has 0 spiro atoms. The summed E-state index contributed by atoms with van der Waals surface area (Å²) in [6.45, 7) is 7.51. The number of hydrogen-bond donors (Lipinski definition) is 1. The van der Waals surface area contributed by atoms with Gasteiger partial charge in [0.05, 0.1) is 6.10 Å². The van der Waals surface area contributed by atoms with Crippen LogP contribution in [-0.4, -0.2) is 25.8 Å². The Bertz CT molecular complexity index is 354. The molecule has 2 unspecified atom stereocenters. The third kappa shape index (κ3) is 4.38. The third-order valence-corrected chi connectivity index (χ3v) is 3.96. The zero-order valence-corrected chi connectivity index (χ0v) is 13.3. The summed E-state index contributed by atoms with van der Waals surface area (Å²) in [6, 6.07) is 8.74.